The number of morpholine rings is 1. The molecule has 162 valence electrons. The first kappa shape index (κ1) is 20.8. The van der Waals surface area contributed by atoms with Gasteiger partial charge in [0.1, 0.15) is 5.75 Å². The third-order valence-electron chi connectivity index (χ3n) is 5.25. The van der Waals surface area contributed by atoms with Crippen molar-refractivity contribution in [2.24, 2.45) is 0 Å². The Hall–Kier alpha value is -3.43. The van der Waals surface area contributed by atoms with Crippen molar-refractivity contribution in [1.82, 2.24) is 10.6 Å². The van der Waals surface area contributed by atoms with Gasteiger partial charge in [0, 0.05) is 37.3 Å². The molecular weight excluding hydrogens is 400 g/mol. The Morgan fingerprint density at radius 3 is 2.68 bits per heavy atom. The van der Waals surface area contributed by atoms with E-state index in [0.29, 0.717) is 29.3 Å². The maximum absolute atomic E-state index is 12.7. The number of hydrogen-bond donors (Lipinski definition) is 3. The van der Waals surface area contributed by atoms with Gasteiger partial charge < -0.3 is 20.1 Å². The summed E-state index contributed by atoms with van der Waals surface area (Å²) in [6.07, 6.45) is 0.215. The van der Waals surface area contributed by atoms with Crippen LogP contribution >= 0.6 is 0 Å². The van der Waals surface area contributed by atoms with Crippen molar-refractivity contribution in [3.63, 3.8) is 0 Å². The molecule has 4 rings (SSSR count). The molecule has 2 aromatic carbocycles. The van der Waals surface area contributed by atoms with Crippen molar-refractivity contribution in [2.45, 2.75) is 12.5 Å². The number of imide groups is 1. The summed E-state index contributed by atoms with van der Waals surface area (Å²) in [6.45, 7) is 2.55. The number of rotatable bonds is 5. The highest BCUT2D eigenvalue weighted by Gasteiger charge is 2.27. The van der Waals surface area contributed by atoms with Crippen LogP contribution in [-0.2, 0) is 9.53 Å². The number of nitrogens with one attached hydrogen (secondary N) is 3. The summed E-state index contributed by atoms with van der Waals surface area (Å²) in [6, 6.07) is 11.9. The summed E-state index contributed by atoms with van der Waals surface area (Å²) in [4.78, 5) is 37.6. The quantitative estimate of drug-likeness (QED) is 0.678. The first-order valence-corrected chi connectivity index (χ1v) is 10.1. The molecule has 0 saturated carbocycles. The van der Waals surface area contributed by atoms with Crippen molar-refractivity contribution in [3.8, 4) is 5.75 Å². The number of nitrogens with zero attached hydrogens (tertiary/aromatic N) is 1. The van der Waals surface area contributed by atoms with Gasteiger partial charge in [0.05, 0.1) is 25.5 Å². The van der Waals surface area contributed by atoms with Crippen LogP contribution in [-0.4, -0.2) is 51.2 Å². The van der Waals surface area contributed by atoms with E-state index in [1.165, 1.54) is 12.0 Å². The molecule has 4 amide bonds. The second kappa shape index (κ2) is 9.15. The zero-order valence-corrected chi connectivity index (χ0v) is 17.1. The summed E-state index contributed by atoms with van der Waals surface area (Å²) in [5, 5.41) is 8.44. The number of anilines is 2. The third-order valence-corrected chi connectivity index (χ3v) is 5.25. The van der Waals surface area contributed by atoms with Gasteiger partial charge in [-0.3, -0.25) is 19.8 Å². The standard InChI is InChI=1S/C22H24N4O5/c1-30-18-12-15(4-7-17(18)26-10-8-20(27)25-22(26)29)21(28)24-16-5-2-14(3-6-16)19-13-23-9-11-31-19/h2-7,12,19,23H,8-11,13H2,1H3,(H,24,28)(H,25,27,29). The molecule has 1 atom stereocenters. The van der Waals surface area contributed by atoms with Gasteiger partial charge in [0.15, 0.2) is 0 Å². The molecule has 0 aliphatic carbocycles. The molecule has 0 spiro atoms. The van der Waals surface area contributed by atoms with Crippen LogP contribution in [0.25, 0.3) is 0 Å². The first-order chi connectivity index (χ1) is 15.0. The van der Waals surface area contributed by atoms with E-state index < -0.39 is 6.03 Å². The fourth-order valence-corrected chi connectivity index (χ4v) is 3.60. The smallest absolute Gasteiger partial charge is 0.328 e. The van der Waals surface area contributed by atoms with Crippen molar-refractivity contribution in [2.75, 3.05) is 43.6 Å². The molecule has 2 heterocycles. The van der Waals surface area contributed by atoms with Gasteiger partial charge in [-0.1, -0.05) is 12.1 Å². The number of carbonyl (C=O) groups is 3. The Bertz CT molecular complexity index is 986. The molecule has 2 aromatic rings. The summed E-state index contributed by atoms with van der Waals surface area (Å²) in [5.74, 6) is -0.241. The highest BCUT2D eigenvalue weighted by molar-refractivity contribution is 6.08. The van der Waals surface area contributed by atoms with E-state index in [9.17, 15) is 14.4 Å². The van der Waals surface area contributed by atoms with Gasteiger partial charge in [-0.25, -0.2) is 4.79 Å². The van der Waals surface area contributed by atoms with Crippen molar-refractivity contribution >= 4 is 29.2 Å². The minimum atomic E-state index is -0.510. The molecule has 0 bridgehead atoms. The molecule has 0 aromatic heterocycles. The Morgan fingerprint density at radius 1 is 1.19 bits per heavy atom. The number of hydrogen-bond acceptors (Lipinski definition) is 6. The molecule has 9 nitrogen and oxygen atoms in total. The number of amides is 4. The predicted octanol–water partition coefficient (Wildman–Crippen LogP) is 2.05. The zero-order valence-electron chi connectivity index (χ0n) is 17.1. The molecule has 0 radical (unpaired) electrons. The summed E-state index contributed by atoms with van der Waals surface area (Å²) in [7, 11) is 1.47. The van der Waals surface area contributed by atoms with Crippen LogP contribution in [0, 0.1) is 0 Å². The lowest BCUT2D eigenvalue weighted by Crippen LogP contribution is -2.49. The Labute approximate surface area is 179 Å². The number of carbonyl (C=O) groups excluding carboxylic acids is 3. The molecule has 2 saturated heterocycles. The fraction of sp³-hybridized carbons (Fsp3) is 0.318. The van der Waals surface area contributed by atoms with Gasteiger partial charge in [-0.15, -0.1) is 0 Å². The van der Waals surface area contributed by atoms with Gasteiger partial charge in [0.25, 0.3) is 5.91 Å². The lowest BCUT2D eigenvalue weighted by atomic mass is 10.1. The van der Waals surface area contributed by atoms with Crippen LogP contribution in [0.3, 0.4) is 0 Å². The van der Waals surface area contributed by atoms with Crippen LogP contribution in [0.15, 0.2) is 42.5 Å². The van der Waals surface area contributed by atoms with Crippen molar-refractivity contribution in [3.05, 3.63) is 53.6 Å². The highest BCUT2D eigenvalue weighted by Crippen LogP contribution is 2.31. The molecule has 31 heavy (non-hydrogen) atoms. The van der Waals surface area contributed by atoms with Crippen LogP contribution in [0.5, 0.6) is 5.75 Å². The predicted molar refractivity (Wildman–Crippen MR) is 114 cm³/mol. The third kappa shape index (κ3) is 4.68. The van der Waals surface area contributed by atoms with Gasteiger partial charge in [-0.2, -0.15) is 0 Å². The summed E-state index contributed by atoms with van der Waals surface area (Å²) < 4.78 is 11.1. The fourth-order valence-electron chi connectivity index (χ4n) is 3.60. The van der Waals surface area contributed by atoms with E-state index in [-0.39, 0.29) is 30.9 Å². The molecule has 2 aliphatic rings. The SMILES string of the molecule is COc1cc(C(=O)Nc2ccc(C3CNCCO3)cc2)ccc1N1CCC(=O)NC1=O. The number of methoxy groups -OCH3 is 1. The van der Waals surface area contributed by atoms with Crippen LogP contribution in [0.4, 0.5) is 16.2 Å². The van der Waals surface area contributed by atoms with E-state index in [2.05, 4.69) is 16.0 Å². The first-order valence-electron chi connectivity index (χ1n) is 10.1. The molecule has 3 N–H and O–H groups in total. The van der Waals surface area contributed by atoms with E-state index in [4.69, 9.17) is 9.47 Å². The summed E-state index contributed by atoms with van der Waals surface area (Å²) in [5.41, 5.74) is 2.59. The van der Waals surface area contributed by atoms with Gasteiger partial charge >= 0.3 is 6.03 Å². The Kier molecular flexibility index (Phi) is 6.15. The van der Waals surface area contributed by atoms with Crippen LogP contribution in [0.2, 0.25) is 0 Å². The van der Waals surface area contributed by atoms with E-state index in [0.717, 1.165) is 18.7 Å². The second-order valence-corrected chi connectivity index (χ2v) is 7.28. The molecular formula is C22H24N4O5. The van der Waals surface area contributed by atoms with E-state index >= 15 is 0 Å². The molecule has 9 heteroatoms. The average Bonchev–Trinajstić information content (AvgIpc) is 2.80. The molecule has 1 unspecified atom stereocenters. The monoisotopic (exact) mass is 424 g/mol. The molecule has 2 aliphatic heterocycles. The second-order valence-electron chi connectivity index (χ2n) is 7.28. The van der Waals surface area contributed by atoms with Gasteiger partial charge in [-0.05, 0) is 35.9 Å². The van der Waals surface area contributed by atoms with E-state index in [1.807, 2.05) is 24.3 Å². The molecule has 2 fully saturated rings. The number of ether oxygens (including phenoxy) is 2. The normalized spacial score (nSPS) is 19.0. The lowest BCUT2D eigenvalue weighted by Gasteiger charge is -2.28. The largest absolute Gasteiger partial charge is 0.495 e. The van der Waals surface area contributed by atoms with E-state index in [1.54, 1.807) is 18.2 Å². The zero-order chi connectivity index (χ0) is 21.8. The van der Waals surface area contributed by atoms with Crippen LogP contribution in [0.1, 0.15) is 28.4 Å². The van der Waals surface area contributed by atoms with Crippen molar-refractivity contribution < 1.29 is 23.9 Å². The number of benzene rings is 2. The minimum Gasteiger partial charge on any atom is -0.495 e. The minimum absolute atomic E-state index is 0.0117. The maximum Gasteiger partial charge on any atom is 0.328 e. The number of urea groups is 1. The summed E-state index contributed by atoms with van der Waals surface area (Å²) >= 11 is 0. The van der Waals surface area contributed by atoms with Gasteiger partial charge in [0.2, 0.25) is 5.91 Å². The Balaban J connectivity index is 1.46. The Morgan fingerprint density at radius 2 is 2.00 bits per heavy atom. The van der Waals surface area contributed by atoms with Crippen molar-refractivity contribution in [1.29, 1.82) is 0 Å². The topological polar surface area (TPSA) is 109 Å². The average molecular weight is 424 g/mol. The maximum atomic E-state index is 12.7. The van der Waals surface area contributed by atoms with Crippen LogP contribution < -0.4 is 25.6 Å². The lowest BCUT2D eigenvalue weighted by molar-refractivity contribution is -0.120. The highest BCUT2D eigenvalue weighted by atomic mass is 16.5.